The molecule has 0 aliphatic heterocycles. The largest absolute Gasteiger partial charge is 0.417 e. The van der Waals surface area contributed by atoms with Crippen molar-refractivity contribution in [3.8, 4) is 0 Å². The van der Waals surface area contributed by atoms with Crippen LogP contribution in [0.25, 0.3) is 11.0 Å². The van der Waals surface area contributed by atoms with Crippen molar-refractivity contribution in [3.63, 3.8) is 0 Å². The minimum Gasteiger partial charge on any atom is -0.322 e. The third kappa shape index (κ3) is 3.38. The Labute approximate surface area is 152 Å². The summed E-state index contributed by atoms with van der Waals surface area (Å²) in [4.78, 5) is 16.7. The number of aromatic nitrogens is 5. The zero-order valence-electron chi connectivity index (χ0n) is 14.7. The Kier molecular flexibility index (Phi) is 3.93. The molecule has 0 aromatic carbocycles. The molecule has 3 aromatic heterocycles. The second kappa shape index (κ2) is 6.07. The van der Waals surface area contributed by atoms with Crippen LogP contribution in [0.15, 0.2) is 18.5 Å². The maximum Gasteiger partial charge on any atom is 0.417 e. The van der Waals surface area contributed by atoms with E-state index in [4.69, 9.17) is 0 Å². The Morgan fingerprint density at radius 2 is 2.11 bits per heavy atom. The van der Waals surface area contributed by atoms with Crippen LogP contribution >= 0.6 is 0 Å². The van der Waals surface area contributed by atoms with Crippen LogP contribution in [0.1, 0.15) is 35.7 Å². The van der Waals surface area contributed by atoms with Crippen molar-refractivity contribution in [1.29, 1.82) is 0 Å². The van der Waals surface area contributed by atoms with Crippen molar-refractivity contribution in [2.24, 2.45) is 7.05 Å². The Balaban J connectivity index is 1.72. The molecule has 1 aliphatic carbocycles. The quantitative estimate of drug-likeness (QED) is 0.757. The highest BCUT2D eigenvalue weighted by atomic mass is 19.4. The molecule has 1 aliphatic rings. The average molecular weight is 378 g/mol. The van der Waals surface area contributed by atoms with Crippen LogP contribution in [0, 0.1) is 6.92 Å². The van der Waals surface area contributed by atoms with Crippen LogP contribution in [-0.2, 0) is 24.6 Å². The lowest BCUT2D eigenvalue weighted by molar-refractivity contribution is -0.136. The molecule has 3 heterocycles. The van der Waals surface area contributed by atoms with Crippen molar-refractivity contribution >= 4 is 22.6 Å². The molecule has 4 rings (SSSR count). The SMILES string of the molecule is Cc1nn(CC(=O)Nc2cnn(C)c2)c2nc(C3CC3)cc(C(F)(F)F)c12. The van der Waals surface area contributed by atoms with Gasteiger partial charge in [0, 0.05) is 24.9 Å². The van der Waals surface area contributed by atoms with Gasteiger partial charge in [0.05, 0.1) is 28.5 Å². The number of halogens is 3. The number of hydrogen-bond acceptors (Lipinski definition) is 4. The van der Waals surface area contributed by atoms with Gasteiger partial charge in [0.15, 0.2) is 5.65 Å². The second-order valence-corrected chi connectivity index (χ2v) is 6.76. The number of carbonyl (C=O) groups excluding carboxylic acids is 1. The van der Waals surface area contributed by atoms with Crippen LogP contribution in [0.4, 0.5) is 18.9 Å². The summed E-state index contributed by atoms with van der Waals surface area (Å²) in [6.07, 6.45) is 0.237. The van der Waals surface area contributed by atoms with Gasteiger partial charge < -0.3 is 5.32 Å². The van der Waals surface area contributed by atoms with Crippen LogP contribution in [0.3, 0.4) is 0 Å². The molecule has 0 unspecified atom stereocenters. The van der Waals surface area contributed by atoms with E-state index in [1.807, 2.05) is 0 Å². The molecule has 0 radical (unpaired) electrons. The van der Waals surface area contributed by atoms with Gasteiger partial charge in [-0.05, 0) is 25.8 Å². The Hall–Kier alpha value is -2.91. The number of nitrogens with one attached hydrogen (secondary N) is 1. The first-order valence-corrected chi connectivity index (χ1v) is 8.46. The van der Waals surface area contributed by atoms with E-state index in [0.717, 1.165) is 18.9 Å². The van der Waals surface area contributed by atoms with Gasteiger partial charge in [0.25, 0.3) is 0 Å². The summed E-state index contributed by atoms with van der Waals surface area (Å²) in [6, 6.07) is 1.12. The first-order chi connectivity index (χ1) is 12.7. The number of rotatable bonds is 4. The van der Waals surface area contributed by atoms with Crippen molar-refractivity contribution in [1.82, 2.24) is 24.5 Å². The summed E-state index contributed by atoms with van der Waals surface area (Å²) in [5.74, 6) is -0.372. The molecule has 0 spiro atoms. The number of hydrogen-bond donors (Lipinski definition) is 1. The highest BCUT2D eigenvalue weighted by Gasteiger charge is 2.37. The van der Waals surface area contributed by atoms with Gasteiger partial charge in [-0.15, -0.1) is 0 Å². The van der Waals surface area contributed by atoms with E-state index in [0.29, 0.717) is 11.4 Å². The minimum absolute atomic E-state index is 0.0448. The van der Waals surface area contributed by atoms with Crippen molar-refractivity contribution in [3.05, 3.63) is 35.4 Å². The lowest BCUT2D eigenvalue weighted by Gasteiger charge is -2.11. The number of aryl methyl sites for hydroxylation is 2. The molecular weight excluding hydrogens is 361 g/mol. The van der Waals surface area contributed by atoms with Crippen molar-refractivity contribution < 1.29 is 18.0 Å². The summed E-state index contributed by atoms with van der Waals surface area (Å²) < 4.78 is 43.5. The highest BCUT2D eigenvalue weighted by Crippen LogP contribution is 2.43. The number of anilines is 1. The first-order valence-electron chi connectivity index (χ1n) is 8.46. The van der Waals surface area contributed by atoms with Gasteiger partial charge in [-0.2, -0.15) is 23.4 Å². The van der Waals surface area contributed by atoms with Gasteiger partial charge >= 0.3 is 6.18 Å². The van der Waals surface area contributed by atoms with E-state index in [-0.39, 0.29) is 29.2 Å². The van der Waals surface area contributed by atoms with E-state index in [2.05, 4.69) is 20.5 Å². The van der Waals surface area contributed by atoms with E-state index in [1.54, 1.807) is 13.2 Å². The maximum atomic E-state index is 13.6. The number of carbonyl (C=O) groups is 1. The van der Waals surface area contributed by atoms with Gasteiger partial charge in [0.1, 0.15) is 6.54 Å². The van der Waals surface area contributed by atoms with E-state index >= 15 is 0 Å². The Morgan fingerprint density at radius 1 is 1.37 bits per heavy atom. The van der Waals surface area contributed by atoms with E-state index in [1.165, 1.54) is 22.5 Å². The summed E-state index contributed by atoms with van der Waals surface area (Å²) in [7, 11) is 1.71. The fraction of sp³-hybridized carbons (Fsp3) is 0.412. The summed E-state index contributed by atoms with van der Waals surface area (Å²) in [5, 5.41) is 10.7. The molecule has 1 saturated carbocycles. The third-order valence-corrected chi connectivity index (χ3v) is 4.48. The fourth-order valence-electron chi connectivity index (χ4n) is 3.12. The molecule has 0 atom stereocenters. The Morgan fingerprint density at radius 3 is 2.70 bits per heavy atom. The van der Waals surface area contributed by atoms with Crippen LogP contribution in [-0.4, -0.2) is 30.5 Å². The number of nitrogens with zero attached hydrogens (tertiary/aromatic N) is 5. The smallest absolute Gasteiger partial charge is 0.322 e. The molecule has 10 heteroatoms. The molecule has 0 bridgehead atoms. The minimum atomic E-state index is -4.51. The summed E-state index contributed by atoms with van der Waals surface area (Å²) in [5.41, 5.74) is 0.444. The molecule has 7 nitrogen and oxygen atoms in total. The predicted molar refractivity (Wildman–Crippen MR) is 91.1 cm³/mol. The predicted octanol–water partition coefficient (Wildman–Crippen LogP) is 3.01. The maximum absolute atomic E-state index is 13.6. The van der Waals surface area contributed by atoms with Crippen LogP contribution in [0.5, 0.6) is 0 Å². The zero-order chi connectivity index (χ0) is 19.3. The van der Waals surface area contributed by atoms with E-state index < -0.39 is 17.6 Å². The highest BCUT2D eigenvalue weighted by molar-refractivity contribution is 5.91. The topological polar surface area (TPSA) is 77.6 Å². The average Bonchev–Trinajstić information content (AvgIpc) is 3.28. The molecular formula is C17H17F3N6O. The molecule has 0 saturated heterocycles. The van der Waals surface area contributed by atoms with Gasteiger partial charge in [0.2, 0.25) is 5.91 Å². The standard InChI is InChI=1S/C17H17F3N6O/c1-9-15-12(17(18,19)20)5-13(10-3-4-10)23-16(15)26(24-9)8-14(27)22-11-6-21-25(2)7-11/h5-7,10H,3-4,8H2,1-2H3,(H,22,27). The summed E-state index contributed by atoms with van der Waals surface area (Å²) in [6.45, 7) is 1.25. The lowest BCUT2D eigenvalue weighted by atomic mass is 10.1. The molecule has 1 N–H and O–H groups in total. The van der Waals surface area contributed by atoms with Crippen LogP contribution in [0.2, 0.25) is 0 Å². The van der Waals surface area contributed by atoms with Gasteiger partial charge in [-0.1, -0.05) is 0 Å². The fourth-order valence-corrected chi connectivity index (χ4v) is 3.12. The zero-order valence-corrected chi connectivity index (χ0v) is 14.7. The van der Waals surface area contributed by atoms with Crippen LogP contribution < -0.4 is 5.32 Å². The van der Waals surface area contributed by atoms with Crippen molar-refractivity contribution in [2.75, 3.05) is 5.32 Å². The van der Waals surface area contributed by atoms with E-state index in [9.17, 15) is 18.0 Å². The number of fused-ring (bicyclic) bond motifs is 1. The third-order valence-electron chi connectivity index (χ3n) is 4.48. The lowest BCUT2D eigenvalue weighted by Crippen LogP contribution is -2.19. The molecule has 3 aromatic rings. The number of alkyl halides is 3. The molecule has 142 valence electrons. The normalized spacial score (nSPS) is 14.7. The molecule has 1 amide bonds. The molecule has 1 fully saturated rings. The number of amides is 1. The first kappa shape index (κ1) is 17.5. The second-order valence-electron chi connectivity index (χ2n) is 6.76. The van der Waals surface area contributed by atoms with Gasteiger partial charge in [-0.3, -0.25) is 9.48 Å². The van der Waals surface area contributed by atoms with Gasteiger partial charge in [-0.25, -0.2) is 9.67 Å². The molecule has 27 heavy (non-hydrogen) atoms. The monoisotopic (exact) mass is 378 g/mol. The van der Waals surface area contributed by atoms with Crippen molar-refractivity contribution in [2.45, 2.75) is 38.4 Å². The number of pyridine rings is 1. The Bertz CT molecular complexity index is 1030. The summed E-state index contributed by atoms with van der Waals surface area (Å²) >= 11 is 0.